The van der Waals surface area contributed by atoms with E-state index in [0.717, 1.165) is 51.6 Å². The predicted octanol–water partition coefficient (Wildman–Crippen LogP) is 9.15. The van der Waals surface area contributed by atoms with Crippen LogP contribution in [-0.2, 0) is 9.47 Å². The van der Waals surface area contributed by atoms with Crippen molar-refractivity contribution in [2.24, 2.45) is 0 Å². The van der Waals surface area contributed by atoms with Crippen LogP contribution in [0, 0.1) is 23.3 Å². The second kappa shape index (κ2) is 15.0. The minimum absolute atomic E-state index is 0.0121. The maximum Gasteiger partial charge on any atom is 0.341 e. The van der Waals surface area contributed by atoms with Gasteiger partial charge in [-0.25, -0.2) is 18.0 Å². The Morgan fingerprint density at radius 1 is 0.683 bits per heavy atom. The Bertz CT molecular complexity index is 1150. The average Bonchev–Trinajstić information content (AvgIpc) is 2.98. The molecular formula is C33H42F4O4. The smallest absolute Gasteiger partial charge is 0.341 e. The third-order valence-corrected chi connectivity index (χ3v) is 8.52. The lowest BCUT2D eigenvalue weighted by atomic mass is 9.79. The van der Waals surface area contributed by atoms with Crippen LogP contribution in [0.4, 0.5) is 17.6 Å². The van der Waals surface area contributed by atoms with Gasteiger partial charge in [-0.05, 0) is 99.3 Å². The molecule has 0 aliphatic heterocycles. The van der Waals surface area contributed by atoms with Gasteiger partial charge in [-0.1, -0.05) is 38.8 Å². The second-order valence-corrected chi connectivity index (χ2v) is 11.4. The number of carbonyl (C=O) groups excluding carboxylic acids is 1. The summed E-state index contributed by atoms with van der Waals surface area (Å²) in [6.45, 7) is 5.08. The van der Waals surface area contributed by atoms with Crippen LogP contribution in [0.3, 0.4) is 0 Å². The summed E-state index contributed by atoms with van der Waals surface area (Å²) < 4.78 is 76.0. The van der Waals surface area contributed by atoms with Crippen LogP contribution < -0.4 is 4.74 Å². The summed E-state index contributed by atoms with van der Waals surface area (Å²) >= 11 is 0. The monoisotopic (exact) mass is 578 g/mol. The molecule has 2 aliphatic carbocycles. The Labute approximate surface area is 240 Å². The van der Waals surface area contributed by atoms with Gasteiger partial charge in [-0.2, -0.15) is 4.39 Å². The van der Waals surface area contributed by atoms with Gasteiger partial charge in [0.25, 0.3) is 0 Å². The number of hydrogen-bond donors (Lipinski definition) is 0. The second-order valence-electron chi connectivity index (χ2n) is 11.4. The molecule has 0 spiro atoms. The Balaban J connectivity index is 1.30. The first-order chi connectivity index (χ1) is 19.8. The minimum atomic E-state index is -1.30. The van der Waals surface area contributed by atoms with Crippen LogP contribution in [-0.4, -0.2) is 31.4 Å². The molecule has 41 heavy (non-hydrogen) atoms. The highest BCUT2D eigenvalue weighted by atomic mass is 19.2. The van der Waals surface area contributed by atoms with Gasteiger partial charge >= 0.3 is 5.97 Å². The summed E-state index contributed by atoms with van der Waals surface area (Å²) in [5.74, 6) is -5.46. The van der Waals surface area contributed by atoms with E-state index in [1.165, 1.54) is 12.1 Å². The van der Waals surface area contributed by atoms with E-state index >= 15 is 8.78 Å². The Hall–Kier alpha value is -2.61. The van der Waals surface area contributed by atoms with E-state index in [-0.39, 0.29) is 30.3 Å². The van der Waals surface area contributed by atoms with Gasteiger partial charge in [-0.3, -0.25) is 0 Å². The van der Waals surface area contributed by atoms with E-state index in [2.05, 4.69) is 6.92 Å². The van der Waals surface area contributed by atoms with Gasteiger partial charge in [-0.15, -0.1) is 0 Å². The number of hydrogen-bond acceptors (Lipinski definition) is 4. The lowest BCUT2D eigenvalue weighted by Crippen LogP contribution is -2.25. The number of carbonyl (C=O) groups is 1. The maximum absolute atomic E-state index is 15.3. The largest absolute Gasteiger partial charge is 0.490 e. The standard InChI is InChI=1S/C33H42F4O4/c1-3-5-19-39-23-11-7-21(8-12-23)25-15-16-26(30(35)29(25)34)22-9-13-24(14-10-22)41-33(38)27-17-18-28(32(37)31(27)36)40-20-6-4-2/h15-18,21-24H,3-14,19-20H2,1-2H3. The highest BCUT2D eigenvalue weighted by molar-refractivity contribution is 5.90. The summed E-state index contributed by atoms with van der Waals surface area (Å²) in [6, 6.07) is 5.83. The molecule has 0 bridgehead atoms. The van der Waals surface area contributed by atoms with Crippen LogP contribution in [0.1, 0.15) is 124 Å². The molecule has 0 aromatic heterocycles. The van der Waals surface area contributed by atoms with E-state index in [0.29, 0.717) is 43.2 Å². The van der Waals surface area contributed by atoms with E-state index in [4.69, 9.17) is 14.2 Å². The number of esters is 1. The molecule has 226 valence electrons. The zero-order valence-electron chi connectivity index (χ0n) is 24.2. The van der Waals surface area contributed by atoms with E-state index in [1.54, 1.807) is 12.1 Å². The van der Waals surface area contributed by atoms with E-state index < -0.39 is 40.9 Å². The van der Waals surface area contributed by atoms with Crippen molar-refractivity contribution in [3.63, 3.8) is 0 Å². The first kappa shape index (κ1) is 31.3. The molecule has 2 aromatic carbocycles. The van der Waals surface area contributed by atoms with Crippen molar-refractivity contribution in [3.05, 3.63) is 64.2 Å². The average molecular weight is 579 g/mol. The molecule has 2 aromatic rings. The highest BCUT2D eigenvalue weighted by Crippen LogP contribution is 2.40. The van der Waals surface area contributed by atoms with Crippen LogP contribution in [0.2, 0.25) is 0 Å². The van der Waals surface area contributed by atoms with Gasteiger partial charge < -0.3 is 14.2 Å². The zero-order valence-corrected chi connectivity index (χ0v) is 24.2. The SMILES string of the molecule is CCCCOc1ccc(C(=O)OC2CCC(c3ccc(C4CCC(OCCCC)CC4)c(F)c3F)CC2)c(F)c1F. The van der Waals surface area contributed by atoms with Crippen LogP contribution in [0.25, 0.3) is 0 Å². The summed E-state index contributed by atoms with van der Waals surface area (Å²) in [4.78, 5) is 12.6. The molecule has 8 heteroatoms. The normalized spacial score (nSPS) is 22.9. The van der Waals surface area contributed by atoms with Crippen molar-refractivity contribution in [1.29, 1.82) is 0 Å². The van der Waals surface area contributed by atoms with Crippen LogP contribution >= 0.6 is 0 Å². The lowest BCUT2D eigenvalue weighted by molar-refractivity contribution is 0.0187. The Morgan fingerprint density at radius 3 is 1.78 bits per heavy atom. The molecule has 0 N–H and O–H groups in total. The van der Waals surface area contributed by atoms with Gasteiger partial charge in [0, 0.05) is 6.61 Å². The lowest BCUT2D eigenvalue weighted by Gasteiger charge is -2.31. The molecule has 2 saturated carbocycles. The van der Waals surface area contributed by atoms with Crippen molar-refractivity contribution in [1.82, 2.24) is 0 Å². The van der Waals surface area contributed by atoms with Gasteiger partial charge in [0.15, 0.2) is 23.2 Å². The fourth-order valence-corrected chi connectivity index (χ4v) is 5.98. The molecule has 0 radical (unpaired) electrons. The molecule has 4 rings (SSSR count). The summed E-state index contributed by atoms with van der Waals surface area (Å²) in [7, 11) is 0. The van der Waals surface area contributed by atoms with Gasteiger partial charge in [0.2, 0.25) is 5.82 Å². The first-order valence-corrected chi connectivity index (χ1v) is 15.2. The topological polar surface area (TPSA) is 44.8 Å². The Morgan fingerprint density at radius 2 is 1.22 bits per heavy atom. The molecule has 0 saturated heterocycles. The van der Waals surface area contributed by atoms with Crippen molar-refractivity contribution in [2.75, 3.05) is 13.2 Å². The van der Waals surface area contributed by atoms with Gasteiger partial charge in [0.05, 0.1) is 18.3 Å². The minimum Gasteiger partial charge on any atom is -0.490 e. The van der Waals surface area contributed by atoms with Crippen LogP contribution in [0.15, 0.2) is 24.3 Å². The molecule has 0 unspecified atom stereocenters. The molecule has 0 atom stereocenters. The molecule has 2 aliphatic rings. The number of rotatable bonds is 12. The predicted molar refractivity (Wildman–Crippen MR) is 149 cm³/mol. The van der Waals surface area contributed by atoms with Crippen molar-refractivity contribution in [2.45, 2.75) is 115 Å². The quantitative estimate of drug-likeness (QED) is 0.143. The molecule has 0 heterocycles. The fraction of sp³-hybridized carbons (Fsp3) is 0.606. The zero-order chi connectivity index (χ0) is 29.4. The van der Waals surface area contributed by atoms with Crippen molar-refractivity contribution in [3.8, 4) is 5.75 Å². The molecule has 2 fully saturated rings. The summed E-state index contributed by atoms with van der Waals surface area (Å²) in [5.41, 5.74) is 0.300. The fourth-order valence-electron chi connectivity index (χ4n) is 5.98. The third kappa shape index (κ3) is 7.82. The van der Waals surface area contributed by atoms with Crippen molar-refractivity contribution >= 4 is 5.97 Å². The number of halogens is 4. The first-order valence-electron chi connectivity index (χ1n) is 15.2. The third-order valence-electron chi connectivity index (χ3n) is 8.52. The Kier molecular flexibility index (Phi) is 11.5. The number of ether oxygens (including phenoxy) is 3. The van der Waals surface area contributed by atoms with Crippen molar-refractivity contribution < 1.29 is 36.6 Å². The van der Waals surface area contributed by atoms with Crippen LogP contribution in [0.5, 0.6) is 5.75 Å². The maximum atomic E-state index is 15.3. The highest BCUT2D eigenvalue weighted by Gasteiger charge is 2.31. The van der Waals surface area contributed by atoms with Gasteiger partial charge in [0.1, 0.15) is 6.10 Å². The summed E-state index contributed by atoms with van der Waals surface area (Å²) in [6.07, 6.45) is 8.46. The molecular weight excluding hydrogens is 536 g/mol. The summed E-state index contributed by atoms with van der Waals surface area (Å²) in [5, 5.41) is 0. The van der Waals surface area contributed by atoms with E-state index in [1.807, 2.05) is 6.92 Å². The van der Waals surface area contributed by atoms with E-state index in [9.17, 15) is 13.6 Å². The number of benzene rings is 2. The molecule has 0 amide bonds. The molecule has 4 nitrogen and oxygen atoms in total. The number of unbranched alkanes of at least 4 members (excludes halogenated alkanes) is 2.